The van der Waals surface area contributed by atoms with Crippen LogP contribution in [0.4, 0.5) is 0 Å². The van der Waals surface area contributed by atoms with E-state index in [0.717, 1.165) is 73.0 Å². The van der Waals surface area contributed by atoms with E-state index >= 15 is 0 Å². The number of pyridine rings is 2. The molecule has 0 bridgehead atoms. The minimum atomic E-state index is 0.422. The Hall–Kier alpha value is -7.51. The van der Waals surface area contributed by atoms with Crippen LogP contribution in [-0.4, -0.2) is 33.7 Å². The third-order valence-electron chi connectivity index (χ3n) is 10.5. The fourth-order valence-electron chi connectivity index (χ4n) is 7.47. The lowest BCUT2D eigenvalue weighted by Gasteiger charge is -2.11. The van der Waals surface area contributed by atoms with Crippen LogP contribution in [0.25, 0.3) is 90.5 Å². The zero-order valence-electron chi connectivity index (χ0n) is 31.5. The van der Waals surface area contributed by atoms with Gasteiger partial charge >= 0.3 is 0 Å². The van der Waals surface area contributed by atoms with Crippen molar-refractivity contribution in [3.8, 4) is 79.2 Å². The molecule has 0 atom stereocenters. The molecule has 7 heteroatoms. The molecule has 0 unspecified atom stereocenters. The largest absolute Gasteiger partial charge is 0.299 e. The van der Waals surface area contributed by atoms with E-state index in [2.05, 4.69) is 132 Å². The number of hydrogen-bond donors (Lipinski definition) is 0. The summed E-state index contributed by atoms with van der Waals surface area (Å²) in [5.41, 5.74) is 14.0. The lowest BCUT2D eigenvalue weighted by molar-refractivity contribution is 0.867. The van der Waals surface area contributed by atoms with Gasteiger partial charge in [-0.05, 0) is 35.7 Å². The third-order valence-corrected chi connectivity index (χ3v) is 10.5. The first-order valence-corrected chi connectivity index (χ1v) is 19.2. The molecule has 5 aromatic carbocycles. The second-order valence-corrected chi connectivity index (χ2v) is 14.4. The predicted octanol–water partition coefficient (Wildman–Crippen LogP) is 12.0. The van der Waals surface area contributed by atoms with Crippen molar-refractivity contribution in [2.24, 2.45) is 0 Å². The molecule has 0 radical (unpaired) electrons. The first-order valence-electron chi connectivity index (χ1n) is 19.2. The maximum absolute atomic E-state index is 5.10. The summed E-state index contributed by atoms with van der Waals surface area (Å²) in [5, 5.41) is 0. The molecule has 272 valence electrons. The van der Waals surface area contributed by atoms with E-state index in [1.54, 1.807) is 0 Å². The Labute approximate surface area is 330 Å². The molecule has 0 saturated carbocycles. The standard InChI is InChI=1S/C50H37N7/c1-33(2)34-19-25-39(26-20-34)48-53-49(40-27-21-37(22-28-40)46-44(35-13-5-3-6-14-35)51-42-17-9-11-31-56(42)46)55-50(54-48)41-29-23-38(24-30-41)47-45(36-15-7-4-8-16-36)52-43-18-10-12-32-57(43)47/h3-33H,1-2H3. The van der Waals surface area contributed by atoms with Gasteiger partial charge in [0.15, 0.2) is 17.5 Å². The molecule has 10 rings (SSSR count). The summed E-state index contributed by atoms with van der Waals surface area (Å²) in [6, 6.07) is 58.3. The van der Waals surface area contributed by atoms with Crippen LogP contribution in [0.1, 0.15) is 25.3 Å². The van der Waals surface area contributed by atoms with Crippen LogP contribution in [0.2, 0.25) is 0 Å². The van der Waals surface area contributed by atoms with Crippen molar-refractivity contribution in [1.29, 1.82) is 0 Å². The van der Waals surface area contributed by atoms with Gasteiger partial charge in [0, 0.05) is 51.3 Å². The van der Waals surface area contributed by atoms with Crippen molar-refractivity contribution < 1.29 is 0 Å². The van der Waals surface area contributed by atoms with Gasteiger partial charge in [0.05, 0.1) is 22.8 Å². The van der Waals surface area contributed by atoms with Crippen molar-refractivity contribution in [2.45, 2.75) is 19.8 Å². The maximum Gasteiger partial charge on any atom is 0.164 e. The van der Waals surface area contributed by atoms with Crippen LogP contribution in [0.3, 0.4) is 0 Å². The third kappa shape index (κ3) is 6.35. The topological polar surface area (TPSA) is 73.3 Å². The highest BCUT2D eigenvalue weighted by atomic mass is 15.0. The van der Waals surface area contributed by atoms with E-state index in [4.69, 9.17) is 24.9 Å². The van der Waals surface area contributed by atoms with Gasteiger partial charge < -0.3 is 0 Å². The number of nitrogens with zero attached hydrogens (tertiary/aromatic N) is 7. The molecule has 10 aromatic rings. The second kappa shape index (κ2) is 14.3. The van der Waals surface area contributed by atoms with E-state index in [9.17, 15) is 0 Å². The molecule has 0 saturated heterocycles. The molecule has 0 aliphatic heterocycles. The van der Waals surface area contributed by atoms with E-state index in [-0.39, 0.29) is 0 Å². The molecule has 5 heterocycles. The fourth-order valence-corrected chi connectivity index (χ4v) is 7.47. The molecular weight excluding hydrogens is 699 g/mol. The zero-order chi connectivity index (χ0) is 38.3. The molecule has 0 aliphatic carbocycles. The Morgan fingerprint density at radius 3 is 1.07 bits per heavy atom. The Morgan fingerprint density at radius 2 is 0.684 bits per heavy atom. The Morgan fingerprint density at radius 1 is 0.333 bits per heavy atom. The highest BCUT2D eigenvalue weighted by molar-refractivity contribution is 5.84. The predicted molar refractivity (Wildman–Crippen MR) is 229 cm³/mol. The minimum absolute atomic E-state index is 0.422. The molecule has 0 aliphatic rings. The summed E-state index contributed by atoms with van der Waals surface area (Å²) < 4.78 is 4.30. The Bertz CT molecular complexity index is 2820. The van der Waals surface area contributed by atoms with Crippen LogP contribution < -0.4 is 0 Å². The number of rotatable bonds is 8. The number of benzene rings is 5. The van der Waals surface area contributed by atoms with Crippen molar-refractivity contribution in [3.05, 3.63) is 188 Å². The molecule has 0 fully saturated rings. The summed E-state index contributed by atoms with van der Waals surface area (Å²) in [4.78, 5) is 25.3. The van der Waals surface area contributed by atoms with E-state index in [0.29, 0.717) is 23.4 Å². The number of imidazole rings is 2. The van der Waals surface area contributed by atoms with Crippen molar-refractivity contribution in [3.63, 3.8) is 0 Å². The first kappa shape index (κ1) is 34.0. The summed E-state index contributed by atoms with van der Waals surface area (Å²) in [7, 11) is 0. The fraction of sp³-hybridized carbons (Fsp3) is 0.0600. The second-order valence-electron chi connectivity index (χ2n) is 14.4. The molecule has 0 N–H and O–H groups in total. The van der Waals surface area contributed by atoms with E-state index in [1.807, 2.05) is 72.8 Å². The highest BCUT2D eigenvalue weighted by Gasteiger charge is 2.19. The van der Waals surface area contributed by atoms with Crippen molar-refractivity contribution in [2.75, 3.05) is 0 Å². The van der Waals surface area contributed by atoms with E-state index in [1.165, 1.54) is 5.56 Å². The number of hydrogen-bond acceptors (Lipinski definition) is 5. The summed E-state index contributed by atoms with van der Waals surface area (Å²) in [6.45, 7) is 4.40. The molecular formula is C50H37N7. The maximum atomic E-state index is 5.10. The van der Waals surface area contributed by atoms with Crippen LogP contribution in [-0.2, 0) is 0 Å². The molecule has 57 heavy (non-hydrogen) atoms. The number of fused-ring (bicyclic) bond motifs is 2. The summed E-state index contributed by atoms with van der Waals surface area (Å²) in [5.74, 6) is 2.26. The van der Waals surface area contributed by atoms with Gasteiger partial charge in [0.2, 0.25) is 0 Å². The summed E-state index contributed by atoms with van der Waals surface area (Å²) in [6.07, 6.45) is 4.13. The van der Waals surface area contributed by atoms with E-state index < -0.39 is 0 Å². The lowest BCUT2D eigenvalue weighted by atomic mass is 10.0. The first-order chi connectivity index (χ1) is 28.1. The summed E-state index contributed by atoms with van der Waals surface area (Å²) >= 11 is 0. The van der Waals surface area contributed by atoms with Crippen molar-refractivity contribution >= 4 is 11.3 Å². The minimum Gasteiger partial charge on any atom is -0.299 e. The Kier molecular flexibility index (Phi) is 8.53. The van der Waals surface area contributed by atoms with Gasteiger partial charge in [-0.25, -0.2) is 24.9 Å². The van der Waals surface area contributed by atoms with Crippen molar-refractivity contribution in [1.82, 2.24) is 33.7 Å². The zero-order valence-corrected chi connectivity index (χ0v) is 31.5. The Balaban J connectivity index is 1.07. The molecule has 5 aromatic heterocycles. The highest BCUT2D eigenvalue weighted by Crippen LogP contribution is 2.36. The van der Waals surface area contributed by atoms with Gasteiger partial charge in [0.25, 0.3) is 0 Å². The van der Waals surface area contributed by atoms with Gasteiger partial charge in [0.1, 0.15) is 11.3 Å². The van der Waals surface area contributed by atoms with Crippen LogP contribution in [0.5, 0.6) is 0 Å². The van der Waals surface area contributed by atoms with Crippen LogP contribution in [0, 0.1) is 0 Å². The lowest BCUT2D eigenvalue weighted by Crippen LogP contribution is -2.00. The average Bonchev–Trinajstić information content (AvgIpc) is 3.87. The van der Waals surface area contributed by atoms with Gasteiger partial charge in [-0.2, -0.15) is 0 Å². The molecule has 0 spiro atoms. The molecule has 7 nitrogen and oxygen atoms in total. The average molecular weight is 736 g/mol. The smallest absolute Gasteiger partial charge is 0.164 e. The van der Waals surface area contributed by atoms with Gasteiger partial charge in [-0.1, -0.05) is 159 Å². The quantitative estimate of drug-likeness (QED) is 0.155. The van der Waals surface area contributed by atoms with Gasteiger partial charge in [-0.3, -0.25) is 8.80 Å². The van der Waals surface area contributed by atoms with Crippen LogP contribution in [0.15, 0.2) is 182 Å². The van der Waals surface area contributed by atoms with Crippen LogP contribution >= 0.6 is 0 Å². The normalized spacial score (nSPS) is 11.5. The number of aromatic nitrogens is 7. The van der Waals surface area contributed by atoms with Gasteiger partial charge in [-0.15, -0.1) is 0 Å². The monoisotopic (exact) mass is 735 g/mol. The SMILES string of the molecule is CC(C)c1ccc(-c2nc(-c3ccc(-c4c(-c5ccccc5)nc5ccccn45)cc3)nc(-c3ccc(-c4c(-c5ccccc5)nc5ccccn45)cc3)n2)cc1. The molecule has 0 amide bonds.